The molecule has 1 unspecified atom stereocenters. The van der Waals surface area contributed by atoms with Gasteiger partial charge in [-0.3, -0.25) is 4.79 Å². The molecule has 0 radical (unpaired) electrons. The van der Waals surface area contributed by atoms with Crippen LogP contribution in [0, 0.1) is 12.8 Å². The number of rotatable bonds is 4. The van der Waals surface area contributed by atoms with Crippen molar-refractivity contribution in [1.29, 1.82) is 0 Å². The van der Waals surface area contributed by atoms with Crippen molar-refractivity contribution in [3.8, 4) is 0 Å². The van der Waals surface area contributed by atoms with Crippen LogP contribution >= 0.6 is 11.8 Å². The van der Waals surface area contributed by atoms with Gasteiger partial charge in [0.05, 0.1) is 5.56 Å². The van der Waals surface area contributed by atoms with Gasteiger partial charge in [0, 0.05) is 25.4 Å². The van der Waals surface area contributed by atoms with Crippen LogP contribution in [0.1, 0.15) is 28.9 Å². The molecule has 1 saturated heterocycles. The predicted octanol–water partition coefficient (Wildman–Crippen LogP) is 0.645. The van der Waals surface area contributed by atoms with Crippen LogP contribution in [0.3, 0.4) is 0 Å². The van der Waals surface area contributed by atoms with Crippen molar-refractivity contribution in [1.82, 2.24) is 14.9 Å². The number of aliphatic hydroxyl groups is 1. The third kappa shape index (κ3) is 3.04. The van der Waals surface area contributed by atoms with Gasteiger partial charge in [0.15, 0.2) is 0 Å². The van der Waals surface area contributed by atoms with Crippen LogP contribution in [0.15, 0.2) is 9.82 Å². The van der Waals surface area contributed by atoms with E-state index < -0.39 is 5.69 Å². The second kappa shape index (κ2) is 6.41. The Morgan fingerprint density at radius 3 is 3.00 bits per heavy atom. The van der Waals surface area contributed by atoms with Gasteiger partial charge in [-0.05, 0) is 31.9 Å². The maximum absolute atomic E-state index is 12.6. The molecule has 6 nitrogen and oxygen atoms in total. The Morgan fingerprint density at radius 1 is 1.60 bits per heavy atom. The van der Waals surface area contributed by atoms with Crippen LogP contribution in [0.25, 0.3) is 0 Å². The maximum Gasteiger partial charge on any atom is 0.346 e. The van der Waals surface area contributed by atoms with Crippen molar-refractivity contribution in [2.45, 2.75) is 24.8 Å². The Hall–Kier alpha value is -1.34. The number of carbonyl (C=O) groups excluding carboxylic acids is 1. The molecule has 1 amide bonds. The number of nitrogens with one attached hydrogen (secondary N) is 1. The first kappa shape index (κ1) is 15.1. The molecule has 0 saturated carbocycles. The molecule has 1 aromatic rings. The number of likely N-dealkylation sites (tertiary alicyclic amines) is 1. The molecule has 7 heteroatoms. The van der Waals surface area contributed by atoms with Crippen molar-refractivity contribution in [3.05, 3.63) is 21.7 Å². The third-order valence-corrected chi connectivity index (χ3v) is 4.29. The van der Waals surface area contributed by atoms with Crippen molar-refractivity contribution in [2.75, 3.05) is 26.0 Å². The summed E-state index contributed by atoms with van der Waals surface area (Å²) in [5, 5.41) is 9.44. The van der Waals surface area contributed by atoms with Gasteiger partial charge >= 0.3 is 5.69 Å². The number of hydrogen-bond acceptors (Lipinski definition) is 5. The Morgan fingerprint density at radius 2 is 2.35 bits per heavy atom. The van der Waals surface area contributed by atoms with Gasteiger partial charge in [-0.1, -0.05) is 0 Å². The highest BCUT2D eigenvalue weighted by molar-refractivity contribution is 7.98. The summed E-state index contributed by atoms with van der Waals surface area (Å²) in [4.78, 5) is 32.2. The van der Waals surface area contributed by atoms with E-state index in [0.717, 1.165) is 12.8 Å². The summed E-state index contributed by atoms with van der Waals surface area (Å²) in [7, 11) is 0. The molecule has 1 atom stereocenters. The lowest BCUT2D eigenvalue weighted by molar-refractivity contribution is 0.0779. The number of aliphatic hydroxyl groups excluding tert-OH is 1. The molecule has 1 aliphatic rings. The first-order valence-electron chi connectivity index (χ1n) is 6.61. The number of aryl methyl sites for hydroxylation is 1. The number of thioether (sulfide) groups is 1. The molecule has 1 aromatic heterocycles. The van der Waals surface area contributed by atoms with Gasteiger partial charge in [-0.25, -0.2) is 4.79 Å². The van der Waals surface area contributed by atoms with Gasteiger partial charge in [-0.2, -0.15) is 4.98 Å². The predicted molar refractivity (Wildman–Crippen MR) is 77.1 cm³/mol. The molecule has 2 N–H and O–H groups in total. The van der Waals surface area contributed by atoms with Crippen LogP contribution < -0.4 is 5.69 Å². The normalized spacial score (nSPS) is 18.6. The summed E-state index contributed by atoms with van der Waals surface area (Å²) in [5.74, 6) is 0.272. The molecule has 0 spiro atoms. The smallest absolute Gasteiger partial charge is 0.346 e. The average molecular weight is 297 g/mol. The highest BCUT2D eigenvalue weighted by atomic mass is 32.2. The van der Waals surface area contributed by atoms with Gasteiger partial charge < -0.3 is 15.0 Å². The van der Waals surface area contributed by atoms with Crippen LogP contribution in [0.2, 0.25) is 0 Å². The molecule has 2 heterocycles. The second-order valence-electron chi connectivity index (χ2n) is 4.97. The van der Waals surface area contributed by atoms with Crippen molar-refractivity contribution < 1.29 is 9.90 Å². The van der Waals surface area contributed by atoms with Gasteiger partial charge in [0.1, 0.15) is 5.03 Å². The van der Waals surface area contributed by atoms with Gasteiger partial charge in [0.25, 0.3) is 5.91 Å². The van der Waals surface area contributed by atoms with Crippen molar-refractivity contribution in [3.63, 3.8) is 0 Å². The molecule has 1 fully saturated rings. The zero-order valence-corrected chi connectivity index (χ0v) is 12.5. The average Bonchev–Trinajstić information content (AvgIpc) is 2.86. The molecule has 20 heavy (non-hydrogen) atoms. The highest BCUT2D eigenvalue weighted by Crippen LogP contribution is 2.25. The summed E-state index contributed by atoms with van der Waals surface area (Å²) in [6.45, 7) is 3.22. The number of aromatic amines is 1. The van der Waals surface area contributed by atoms with E-state index in [1.165, 1.54) is 11.8 Å². The number of aromatic nitrogens is 2. The molecule has 0 bridgehead atoms. The Bertz CT molecular complexity index is 558. The molecular formula is C13H19N3O3S. The first-order valence-corrected chi connectivity index (χ1v) is 7.84. The summed E-state index contributed by atoms with van der Waals surface area (Å²) in [6.07, 6.45) is 3.44. The van der Waals surface area contributed by atoms with E-state index in [-0.39, 0.29) is 12.5 Å². The van der Waals surface area contributed by atoms with Gasteiger partial charge in [0.2, 0.25) is 0 Å². The quantitative estimate of drug-likeness (QED) is 0.629. The summed E-state index contributed by atoms with van der Waals surface area (Å²) >= 11 is 1.30. The molecule has 1 aliphatic heterocycles. The first-order chi connectivity index (χ1) is 9.56. The standard InChI is InChI=1S/C13H19N3O3S/c1-8-10(11(20-2)15-13(19)14-8)12(18)16-5-3-9(7-16)4-6-17/h9,17H,3-7H2,1-2H3,(H,14,15,19). The SMILES string of the molecule is CSc1nc(=O)[nH]c(C)c1C(=O)N1CCC(CCO)C1. The number of hydrogen-bond donors (Lipinski definition) is 2. The van der Waals surface area contributed by atoms with Gasteiger partial charge in [-0.15, -0.1) is 11.8 Å². The zero-order valence-electron chi connectivity index (χ0n) is 11.7. The van der Waals surface area contributed by atoms with E-state index in [0.29, 0.717) is 35.3 Å². The summed E-state index contributed by atoms with van der Waals surface area (Å²) in [5.41, 5.74) is 0.620. The number of H-pyrrole nitrogens is 1. The highest BCUT2D eigenvalue weighted by Gasteiger charge is 2.29. The van der Waals surface area contributed by atoms with Crippen LogP contribution in [0.4, 0.5) is 0 Å². The van der Waals surface area contributed by atoms with Crippen molar-refractivity contribution >= 4 is 17.7 Å². The molecule has 110 valence electrons. The fourth-order valence-corrected chi connectivity index (χ4v) is 3.17. The monoisotopic (exact) mass is 297 g/mol. The van der Waals surface area contributed by atoms with E-state index in [1.807, 2.05) is 0 Å². The largest absolute Gasteiger partial charge is 0.396 e. The van der Waals surface area contributed by atoms with E-state index in [4.69, 9.17) is 5.11 Å². The maximum atomic E-state index is 12.6. The van der Waals surface area contributed by atoms with E-state index in [1.54, 1.807) is 18.1 Å². The minimum Gasteiger partial charge on any atom is -0.396 e. The van der Waals surface area contributed by atoms with E-state index in [2.05, 4.69) is 9.97 Å². The molecule has 2 rings (SSSR count). The lowest BCUT2D eigenvalue weighted by Gasteiger charge is -2.18. The zero-order chi connectivity index (χ0) is 14.7. The Labute approximate surface area is 121 Å². The van der Waals surface area contributed by atoms with Crippen molar-refractivity contribution in [2.24, 2.45) is 5.92 Å². The summed E-state index contributed by atoms with van der Waals surface area (Å²) in [6, 6.07) is 0. The lowest BCUT2D eigenvalue weighted by Crippen LogP contribution is -2.31. The molecule has 0 aliphatic carbocycles. The lowest BCUT2D eigenvalue weighted by atomic mass is 10.1. The number of amides is 1. The van der Waals surface area contributed by atoms with Crippen LogP contribution in [-0.4, -0.2) is 51.8 Å². The molecular weight excluding hydrogens is 278 g/mol. The number of nitrogens with zero attached hydrogens (tertiary/aromatic N) is 2. The van der Waals surface area contributed by atoms with E-state index in [9.17, 15) is 9.59 Å². The second-order valence-corrected chi connectivity index (χ2v) is 5.76. The Kier molecular flexibility index (Phi) is 4.82. The van der Waals surface area contributed by atoms with Crippen LogP contribution in [0.5, 0.6) is 0 Å². The Balaban J connectivity index is 2.24. The third-order valence-electron chi connectivity index (χ3n) is 3.60. The fourth-order valence-electron chi connectivity index (χ4n) is 2.55. The fraction of sp³-hybridized carbons (Fsp3) is 0.615. The van der Waals surface area contributed by atoms with E-state index >= 15 is 0 Å². The minimum atomic E-state index is -0.428. The summed E-state index contributed by atoms with van der Waals surface area (Å²) < 4.78 is 0. The number of carbonyl (C=O) groups is 1. The van der Waals surface area contributed by atoms with Crippen LogP contribution in [-0.2, 0) is 0 Å². The molecule has 0 aromatic carbocycles. The topological polar surface area (TPSA) is 86.3 Å². The minimum absolute atomic E-state index is 0.0870.